The van der Waals surface area contributed by atoms with E-state index in [1.807, 2.05) is 32.0 Å². The molecule has 2 N–H and O–H groups in total. The molecule has 0 aliphatic rings. The summed E-state index contributed by atoms with van der Waals surface area (Å²) in [6.45, 7) is 5.49. The van der Waals surface area contributed by atoms with Gasteiger partial charge in [0.05, 0.1) is 16.8 Å². The SMILES string of the molecule is Cc1ccc(NC(=O)c2sc3[nH]c(=O)n(Cc4cccc(F)c4)c(=O)c3c2C)c(C)c1. The summed E-state index contributed by atoms with van der Waals surface area (Å²) >= 11 is 1.07. The fourth-order valence-corrected chi connectivity index (χ4v) is 4.65. The number of carbonyl (C=O) groups excluding carboxylic acids is 1. The number of H-pyrrole nitrogens is 1. The van der Waals surface area contributed by atoms with E-state index in [0.29, 0.717) is 26.5 Å². The number of carbonyl (C=O) groups is 1. The number of nitrogens with zero attached hydrogens (tertiary/aromatic N) is 1. The molecule has 0 aliphatic heterocycles. The number of nitrogens with one attached hydrogen (secondary N) is 2. The highest BCUT2D eigenvalue weighted by molar-refractivity contribution is 7.20. The Hall–Kier alpha value is -3.52. The summed E-state index contributed by atoms with van der Waals surface area (Å²) in [5.74, 6) is -0.789. The highest BCUT2D eigenvalue weighted by Gasteiger charge is 2.21. The van der Waals surface area contributed by atoms with Crippen LogP contribution < -0.4 is 16.6 Å². The monoisotopic (exact) mass is 437 g/mol. The number of benzene rings is 2. The van der Waals surface area contributed by atoms with Crippen molar-refractivity contribution in [3.8, 4) is 0 Å². The maximum Gasteiger partial charge on any atom is 0.329 e. The summed E-state index contributed by atoms with van der Waals surface area (Å²) in [6.07, 6.45) is 0. The van der Waals surface area contributed by atoms with E-state index in [-0.39, 0.29) is 17.8 Å². The summed E-state index contributed by atoms with van der Waals surface area (Å²) < 4.78 is 14.5. The second kappa shape index (κ2) is 7.96. The van der Waals surface area contributed by atoms with E-state index >= 15 is 0 Å². The number of halogens is 1. The second-order valence-corrected chi connectivity index (χ2v) is 8.50. The molecule has 0 aliphatic carbocycles. The molecule has 0 spiro atoms. The van der Waals surface area contributed by atoms with Crippen molar-refractivity contribution in [2.24, 2.45) is 0 Å². The standard InChI is InChI=1S/C23H20FN3O3S/c1-12-7-8-17(13(2)9-12)25-20(28)19-14(3)18-21(31-19)26-23(30)27(22(18)29)11-15-5-4-6-16(24)10-15/h4-10H,11H2,1-3H3,(H,25,28)(H,26,30). The average Bonchev–Trinajstić information content (AvgIpc) is 3.03. The highest BCUT2D eigenvalue weighted by Crippen LogP contribution is 2.28. The second-order valence-electron chi connectivity index (χ2n) is 7.48. The lowest BCUT2D eigenvalue weighted by molar-refractivity contribution is 0.103. The topological polar surface area (TPSA) is 84.0 Å². The zero-order chi connectivity index (χ0) is 22.3. The lowest BCUT2D eigenvalue weighted by Crippen LogP contribution is -2.35. The Morgan fingerprint density at radius 1 is 1.13 bits per heavy atom. The minimum atomic E-state index is -0.607. The number of hydrogen-bond donors (Lipinski definition) is 2. The van der Waals surface area contributed by atoms with E-state index in [1.54, 1.807) is 13.0 Å². The van der Waals surface area contributed by atoms with Gasteiger partial charge in [0.15, 0.2) is 0 Å². The van der Waals surface area contributed by atoms with Crippen molar-refractivity contribution >= 4 is 33.1 Å². The van der Waals surface area contributed by atoms with Crippen LogP contribution in [0.3, 0.4) is 0 Å². The number of anilines is 1. The molecule has 158 valence electrons. The third-order valence-corrected chi connectivity index (χ3v) is 6.34. The van der Waals surface area contributed by atoms with E-state index in [2.05, 4.69) is 10.3 Å². The molecular formula is C23H20FN3O3S. The van der Waals surface area contributed by atoms with Crippen LogP contribution >= 0.6 is 11.3 Å². The molecule has 0 saturated carbocycles. The fourth-order valence-electron chi connectivity index (χ4n) is 3.56. The van der Waals surface area contributed by atoms with E-state index in [0.717, 1.165) is 27.0 Å². The van der Waals surface area contributed by atoms with Gasteiger partial charge < -0.3 is 5.32 Å². The minimum absolute atomic E-state index is 0.0682. The van der Waals surface area contributed by atoms with Gasteiger partial charge in [-0.1, -0.05) is 29.8 Å². The largest absolute Gasteiger partial charge is 0.329 e. The average molecular weight is 437 g/mol. The lowest BCUT2D eigenvalue weighted by atomic mass is 10.1. The molecule has 0 saturated heterocycles. The Kier molecular flexibility index (Phi) is 5.32. The zero-order valence-electron chi connectivity index (χ0n) is 17.2. The molecule has 0 fully saturated rings. The molecule has 0 atom stereocenters. The highest BCUT2D eigenvalue weighted by atomic mass is 32.1. The Labute approximate surface area is 181 Å². The summed E-state index contributed by atoms with van der Waals surface area (Å²) in [4.78, 5) is 41.9. The van der Waals surface area contributed by atoms with Crippen molar-refractivity contribution in [2.75, 3.05) is 5.32 Å². The summed E-state index contributed by atoms with van der Waals surface area (Å²) in [6, 6.07) is 11.4. The molecule has 0 unspecified atom stereocenters. The van der Waals surface area contributed by atoms with Crippen LogP contribution in [0.5, 0.6) is 0 Å². The molecule has 4 rings (SSSR count). The lowest BCUT2D eigenvalue weighted by Gasteiger charge is -2.08. The first-order valence-electron chi connectivity index (χ1n) is 9.64. The summed E-state index contributed by atoms with van der Waals surface area (Å²) in [5.41, 5.74) is 2.57. The van der Waals surface area contributed by atoms with Crippen molar-refractivity contribution in [3.63, 3.8) is 0 Å². The zero-order valence-corrected chi connectivity index (χ0v) is 18.0. The molecule has 1 amide bonds. The van der Waals surface area contributed by atoms with E-state index in [1.165, 1.54) is 18.2 Å². The molecule has 0 bridgehead atoms. The number of rotatable bonds is 4. The van der Waals surface area contributed by atoms with E-state index < -0.39 is 17.1 Å². The van der Waals surface area contributed by atoms with Gasteiger partial charge in [0, 0.05) is 5.69 Å². The smallest absolute Gasteiger partial charge is 0.321 e. The van der Waals surface area contributed by atoms with Crippen molar-refractivity contribution in [3.05, 3.63) is 96.3 Å². The molecule has 6 nitrogen and oxygen atoms in total. The van der Waals surface area contributed by atoms with Gasteiger partial charge in [-0.2, -0.15) is 0 Å². The van der Waals surface area contributed by atoms with Gasteiger partial charge in [-0.05, 0) is 55.7 Å². The number of thiophene rings is 1. The number of aromatic amines is 1. The Morgan fingerprint density at radius 3 is 2.61 bits per heavy atom. The number of amides is 1. The predicted molar refractivity (Wildman–Crippen MR) is 121 cm³/mol. The van der Waals surface area contributed by atoms with E-state index in [9.17, 15) is 18.8 Å². The third kappa shape index (κ3) is 3.94. The minimum Gasteiger partial charge on any atom is -0.321 e. The maximum absolute atomic E-state index is 13.5. The fraction of sp³-hybridized carbons (Fsp3) is 0.174. The summed E-state index contributed by atoms with van der Waals surface area (Å²) in [5, 5.41) is 3.16. The Balaban J connectivity index is 1.75. The van der Waals surface area contributed by atoms with Crippen LogP contribution in [0.2, 0.25) is 0 Å². The van der Waals surface area contributed by atoms with Crippen molar-refractivity contribution in [1.82, 2.24) is 9.55 Å². The van der Waals surface area contributed by atoms with Gasteiger partial charge in [0.1, 0.15) is 10.6 Å². The van der Waals surface area contributed by atoms with Crippen LogP contribution in [0, 0.1) is 26.6 Å². The molecule has 2 heterocycles. The Bertz CT molecular complexity index is 1450. The van der Waals surface area contributed by atoms with Crippen LogP contribution in [0.15, 0.2) is 52.1 Å². The summed E-state index contributed by atoms with van der Waals surface area (Å²) in [7, 11) is 0. The van der Waals surface area contributed by atoms with Gasteiger partial charge in [-0.3, -0.25) is 19.1 Å². The molecule has 8 heteroatoms. The molecule has 31 heavy (non-hydrogen) atoms. The van der Waals surface area contributed by atoms with Crippen LogP contribution in [0.25, 0.3) is 10.2 Å². The Morgan fingerprint density at radius 2 is 1.90 bits per heavy atom. The van der Waals surface area contributed by atoms with Crippen molar-refractivity contribution in [1.29, 1.82) is 0 Å². The van der Waals surface area contributed by atoms with Gasteiger partial charge in [-0.15, -0.1) is 11.3 Å². The van der Waals surface area contributed by atoms with Gasteiger partial charge >= 0.3 is 5.69 Å². The van der Waals surface area contributed by atoms with Gasteiger partial charge in [0.25, 0.3) is 11.5 Å². The first-order chi connectivity index (χ1) is 14.7. The molecular weight excluding hydrogens is 417 g/mol. The number of aromatic nitrogens is 2. The third-order valence-electron chi connectivity index (χ3n) is 5.14. The van der Waals surface area contributed by atoms with Crippen LogP contribution in [0.4, 0.5) is 10.1 Å². The molecule has 2 aromatic carbocycles. The quantitative estimate of drug-likeness (QED) is 0.504. The first-order valence-corrected chi connectivity index (χ1v) is 10.5. The van der Waals surface area contributed by atoms with Crippen LogP contribution in [0.1, 0.15) is 31.9 Å². The van der Waals surface area contributed by atoms with Crippen LogP contribution in [-0.4, -0.2) is 15.5 Å². The number of fused-ring (bicyclic) bond motifs is 1. The number of aryl methyl sites for hydroxylation is 3. The number of hydrogen-bond acceptors (Lipinski definition) is 4. The van der Waals surface area contributed by atoms with Crippen molar-refractivity contribution < 1.29 is 9.18 Å². The van der Waals surface area contributed by atoms with Gasteiger partial charge in [0.2, 0.25) is 0 Å². The van der Waals surface area contributed by atoms with Crippen LogP contribution in [-0.2, 0) is 6.54 Å². The maximum atomic E-state index is 13.5. The van der Waals surface area contributed by atoms with E-state index in [4.69, 9.17) is 0 Å². The normalized spacial score (nSPS) is 11.1. The molecule has 4 aromatic rings. The predicted octanol–water partition coefficient (Wildman–Crippen LogP) is 4.12. The van der Waals surface area contributed by atoms with Gasteiger partial charge in [-0.25, -0.2) is 9.18 Å². The molecule has 2 aromatic heterocycles. The first kappa shape index (κ1) is 20.7. The molecule has 0 radical (unpaired) electrons. The van der Waals surface area contributed by atoms with Crippen molar-refractivity contribution in [2.45, 2.75) is 27.3 Å².